The molecular weight excluding hydrogens is 262 g/mol. The van der Waals surface area contributed by atoms with Gasteiger partial charge in [0.15, 0.2) is 0 Å². The maximum absolute atomic E-state index is 11.6. The number of nitrogens with one attached hydrogen (secondary N) is 1. The van der Waals surface area contributed by atoms with Crippen LogP contribution in [-0.4, -0.2) is 18.5 Å². The molecule has 0 saturated heterocycles. The van der Waals surface area contributed by atoms with Gasteiger partial charge in [-0.25, -0.2) is 4.79 Å². The fourth-order valence-electron chi connectivity index (χ4n) is 1.36. The van der Waals surface area contributed by atoms with Crippen molar-refractivity contribution in [1.82, 2.24) is 0 Å². The monoisotopic (exact) mass is 279 g/mol. The molecule has 5 heteroatoms. The molecule has 0 saturated carbocycles. The molecule has 0 unspecified atom stereocenters. The largest absolute Gasteiger partial charge is 0.462 e. The van der Waals surface area contributed by atoms with Gasteiger partial charge in [0.1, 0.15) is 4.88 Å². The number of carbonyl (C=O) groups is 2. The Morgan fingerprint density at radius 1 is 1.42 bits per heavy atom. The second-order valence-corrected chi connectivity index (χ2v) is 4.77. The number of hydrogen-bond donors (Lipinski definition) is 1. The molecule has 1 heterocycles. The Labute approximate surface area is 116 Å². The summed E-state index contributed by atoms with van der Waals surface area (Å²) < 4.78 is 4.94. The molecule has 0 aliphatic carbocycles. The first kappa shape index (κ1) is 15.2. The lowest BCUT2D eigenvalue weighted by Crippen LogP contribution is -2.06. The van der Waals surface area contributed by atoms with Gasteiger partial charge >= 0.3 is 5.97 Å². The SMILES string of the molecule is C/C=C/C=C/C(=O)Nc1cc(C)c(C(=O)OCC)s1. The van der Waals surface area contributed by atoms with Crippen LogP contribution in [0.5, 0.6) is 0 Å². The Balaban J connectivity index is 2.73. The van der Waals surface area contributed by atoms with Gasteiger partial charge in [-0.15, -0.1) is 11.3 Å². The number of amides is 1. The van der Waals surface area contributed by atoms with Crippen molar-refractivity contribution < 1.29 is 14.3 Å². The van der Waals surface area contributed by atoms with Crippen molar-refractivity contribution in [2.24, 2.45) is 0 Å². The van der Waals surface area contributed by atoms with Crippen LogP contribution in [0.15, 0.2) is 30.4 Å². The van der Waals surface area contributed by atoms with E-state index in [0.29, 0.717) is 16.5 Å². The van der Waals surface area contributed by atoms with Crippen molar-refractivity contribution in [2.75, 3.05) is 11.9 Å². The van der Waals surface area contributed by atoms with Crippen molar-refractivity contribution in [1.29, 1.82) is 0 Å². The zero-order chi connectivity index (χ0) is 14.3. The van der Waals surface area contributed by atoms with Crippen LogP contribution in [0.1, 0.15) is 29.1 Å². The normalized spacial score (nSPS) is 11.1. The van der Waals surface area contributed by atoms with E-state index in [1.807, 2.05) is 19.9 Å². The molecule has 0 bridgehead atoms. The predicted octanol–water partition coefficient (Wildman–Crippen LogP) is 3.30. The van der Waals surface area contributed by atoms with E-state index >= 15 is 0 Å². The summed E-state index contributed by atoms with van der Waals surface area (Å²) in [5.41, 5.74) is 0.802. The summed E-state index contributed by atoms with van der Waals surface area (Å²) in [6.45, 7) is 5.78. The van der Waals surface area contributed by atoms with E-state index in [1.54, 1.807) is 25.1 Å². The molecule has 0 fully saturated rings. The van der Waals surface area contributed by atoms with Gasteiger partial charge in [0.05, 0.1) is 11.6 Å². The fourth-order valence-corrected chi connectivity index (χ4v) is 2.33. The molecule has 1 aromatic rings. The number of ether oxygens (including phenoxy) is 1. The number of thiophene rings is 1. The van der Waals surface area contributed by atoms with Crippen LogP contribution in [0.25, 0.3) is 0 Å². The topological polar surface area (TPSA) is 55.4 Å². The van der Waals surface area contributed by atoms with Gasteiger partial charge < -0.3 is 10.1 Å². The van der Waals surface area contributed by atoms with Crippen LogP contribution in [0.4, 0.5) is 5.00 Å². The van der Waals surface area contributed by atoms with E-state index in [-0.39, 0.29) is 11.9 Å². The molecule has 102 valence electrons. The zero-order valence-corrected chi connectivity index (χ0v) is 12.0. The van der Waals surface area contributed by atoms with Crippen LogP contribution in [0, 0.1) is 6.92 Å². The molecule has 1 rings (SSSR count). The molecule has 0 spiro atoms. The molecular formula is C14H17NO3S. The van der Waals surface area contributed by atoms with E-state index in [2.05, 4.69) is 5.32 Å². The lowest BCUT2D eigenvalue weighted by atomic mass is 10.3. The Morgan fingerprint density at radius 2 is 2.16 bits per heavy atom. The van der Waals surface area contributed by atoms with E-state index < -0.39 is 0 Å². The van der Waals surface area contributed by atoms with Crippen molar-refractivity contribution in [3.05, 3.63) is 40.8 Å². The van der Waals surface area contributed by atoms with Crippen molar-refractivity contribution in [2.45, 2.75) is 20.8 Å². The Hall–Kier alpha value is -1.88. The third-order valence-corrected chi connectivity index (χ3v) is 3.31. The second-order valence-electron chi connectivity index (χ2n) is 3.72. The molecule has 0 aliphatic heterocycles. The van der Waals surface area contributed by atoms with Crippen LogP contribution in [0.3, 0.4) is 0 Å². The first-order valence-electron chi connectivity index (χ1n) is 5.96. The van der Waals surface area contributed by atoms with Gasteiger partial charge in [0.25, 0.3) is 0 Å². The molecule has 0 radical (unpaired) electrons. The number of esters is 1. The molecule has 0 atom stereocenters. The summed E-state index contributed by atoms with van der Waals surface area (Å²) in [5.74, 6) is -0.579. The van der Waals surface area contributed by atoms with E-state index in [0.717, 1.165) is 5.56 Å². The van der Waals surface area contributed by atoms with Crippen LogP contribution in [0.2, 0.25) is 0 Å². The average Bonchev–Trinajstić information content (AvgIpc) is 2.71. The molecule has 1 amide bonds. The smallest absolute Gasteiger partial charge is 0.348 e. The van der Waals surface area contributed by atoms with Crippen LogP contribution in [-0.2, 0) is 9.53 Å². The van der Waals surface area contributed by atoms with Gasteiger partial charge in [-0.3, -0.25) is 4.79 Å². The quantitative estimate of drug-likeness (QED) is 0.511. The third-order valence-electron chi connectivity index (χ3n) is 2.18. The van der Waals surface area contributed by atoms with E-state index in [1.165, 1.54) is 17.4 Å². The maximum atomic E-state index is 11.6. The standard InChI is InChI=1S/C14H17NO3S/c1-4-6-7-8-11(16)15-12-9-10(3)13(19-12)14(17)18-5-2/h4,6-9H,5H2,1-3H3,(H,15,16)/b6-4+,8-7+. The average molecular weight is 279 g/mol. The summed E-state index contributed by atoms with van der Waals surface area (Å²) in [4.78, 5) is 23.7. The number of hydrogen-bond acceptors (Lipinski definition) is 4. The Bertz CT molecular complexity index is 515. The molecule has 4 nitrogen and oxygen atoms in total. The molecule has 19 heavy (non-hydrogen) atoms. The highest BCUT2D eigenvalue weighted by molar-refractivity contribution is 7.18. The number of aryl methyl sites for hydroxylation is 1. The highest BCUT2D eigenvalue weighted by Gasteiger charge is 2.15. The van der Waals surface area contributed by atoms with Gasteiger partial charge in [-0.2, -0.15) is 0 Å². The van der Waals surface area contributed by atoms with Gasteiger partial charge in [0, 0.05) is 6.08 Å². The minimum atomic E-state index is -0.352. The van der Waals surface area contributed by atoms with E-state index in [4.69, 9.17) is 4.74 Å². The summed E-state index contributed by atoms with van der Waals surface area (Å²) in [7, 11) is 0. The Morgan fingerprint density at radius 3 is 2.79 bits per heavy atom. The van der Waals surface area contributed by atoms with Crippen molar-refractivity contribution >= 4 is 28.2 Å². The first-order valence-corrected chi connectivity index (χ1v) is 6.78. The van der Waals surface area contributed by atoms with Crippen LogP contribution >= 0.6 is 11.3 Å². The summed E-state index contributed by atoms with van der Waals surface area (Å²) >= 11 is 1.22. The fraction of sp³-hybridized carbons (Fsp3) is 0.286. The Kier molecular flexibility index (Phi) is 6.02. The van der Waals surface area contributed by atoms with E-state index in [9.17, 15) is 9.59 Å². The van der Waals surface area contributed by atoms with Crippen LogP contribution < -0.4 is 5.32 Å². The summed E-state index contributed by atoms with van der Waals surface area (Å²) in [6.07, 6.45) is 6.68. The predicted molar refractivity (Wildman–Crippen MR) is 77.6 cm³/mol. The summed E-state index contributed by atoms with van der Waals surface area (Å²) in [5, 5.41) is 3.35. The van der Waals surface area contributed by atoms with Gasteiger partial charge in [-0.1, -0.05) is 18.2 Å². The van der Waals surface area contributed by atoms with Gasteiger partial charge in [0.2, 0.25) is 5.91 Å². The van der Waals surface area contributed by atoms with Crippen molar-refractivity contribution in [3.8, 4) is 0 Å². The molecule has 0 aromatic carbocycles. The maximum Gasteiger partial charge on any atom is 0.348 e. The number of anilines is 1. The lowest BCUT2D eigenvalue weighted by molar-refractivity contribution is -0.111. The molecule has 1 aromatic heterocycles. The zero-order valence-electron chi connectivity index (χ0n) is 11.2. The molecule has 1 N–H and O–H groups in total. The number of carbonyl (C=O) groups excluding carboxylic acids is 2. The third kappa shape index (κ3) is 4.71. The lowest BCUT2D eigenvalue weighted by Gasteiger charge is -1.99. The minimum Gasteiger partial charge on any atom is -0.462 e. The second kappa shape index (κ2) is 7.53. The summed E-state index contributed by atoms with van der Waals surface area (Å²) in [6, 6.07) is 1.76. The van der Waals surface area contributed by atoms with Crippen molar-refractivity contribution in [3.63, 3.8) is 0 Å². The van der Waals surface area contributed by atoms with Gasteiger partial charge in [-0.05, 0) is 32.4 Å². The minimum absolute atomic E-state index is 0.227. The highest BCUT2D eigenvalue weighted by atomic mass is 32.1. The number of allylic oxidation sites excluding steroid dienone is 3. The number of rotatable bonds is 5. The highest BCUT2D eigenvalue weighted by Crippen LogP contribution is 2.27. The first-order chi connectivity index (χ1) is 9.08. The molecule has 0 aliphatic rings.